The predicted octanol–water partition coefficient (Wildman–Crippen LogP) is 0.141. The van der Waals surface area contributed by atoms with Gasteiger partial charge in [0.1, 0.15) is 5.69 Å². The van der Waals surface area contributed by atoms with E-state index in [1.54, 1.807) is 12.3 Å². The summed E-state index contributed by atoms with van der Waals surface area (Å²) in [5, 5.41) is 13.2. The van der Waals surface area contributed by atoms with Crippen molar-refractivity contribution < 1.29 is 4.79 Å². The van der Waals surface area contributed by atoms with Gasteiger partial charge in [-0.05, 0) is 6.42 Å². The summed E-state index contributed by atoms with van der Waals surface area (Å²) in [7, 11) is 0. The Kier molecular flexibility index (Phi) is 2.08. The Morgan fingerprint density at radius 3 is 3.08 bits per heavy atom. The van der Waals surface area contributed by atoms with E-state index < -0.39 is 0 Å². The van der Waals surface area contributed by atoms with Gasteiger partial charge in [-0.15, -0.1) is 0 Å². The minimum Gasteiger partial charge on any atom is -0.382 e. The number of nitrogens with one attached hydrogen (secondary N) is 2. The van der Waals surface area contributed by atoms with Crippen LogP contribution in [0.4, 0.5) is 0 Å². The maximum atomic E-state index is 10.9. The van der Waals surface area contributed by atoms with E-state index in [9.17, 15) is 4.79 Å². The van der Waals surface area contributed by atoms with Crippen LogP contribution in [0.5, 0.6) is 0 Å². The first kappa shape index (κ1) is 7.97. The normalized spacial score (nSPS) is 16.0. The molecule has 0 saturated heterocycles. The molecule has 0 aliphatic heterocycles. The molecule has 1 aliphatic carbocycles. The van der Waals surface area contributed by atoms with E-state index in [1.165, 1.54) is 0 Å². The van der Waals surface area contributed by atoms with Gasteiger partial charge < -0.3 is 5.32 Å². The molecule has 5 heteroatoms. The molecule has 0 spiro atoms. The standard InChI is InChI=1S/C8H10N4O/c13-8-2-1-6(3-8)9-4-7-5-10-12-11-7/h3,5,9H,1-2,4H2,(H,10,11,12). The number of hydrogen-bond acceptors (Lipinski definition) is 4. The number of H-pyrrole nitrogens is 1. The van der Waals surface area contributed by atoms with Crippen molar-refractivity contribution in [1.29, 1.82) is 0 Å². The zero-order valence-corrected chi connectivity index (χ0v) is 7.08. The van der Waals surface area contributed by atoms with Crippen LogP contribution < -0.4 is 5.32 Å². The van der Waals surface area contributed by atoms with Gasteiger partial charge in [0.2, 0.25) is 0 Å². The molecule has 0 bridgehead atoms. The Balaban J connectivity index is 1.87. The number of carbonyl (C=O) groups is 1. The second-order valence-electron chi connectivity index (χ2n) is 2.95. The van der Waals surface area contributed by atoms with E-state index in [2.05, 4.69) is 20.7 Å². The maximum Gasteiger partial charge on any atom is 0.157 e. The summed E-state index contributed by atoms with van der Waals surface area (Å²) in [6.07, 6.45) is 4.75. The van der Waals surface area contributed by atoms with Crippen molar-refractivity contribution >= 4 is 5.78 Å². The first-order chi connectivity index (χ1) is 6.34. The van der Waals surface area contributed by atoms with Gasteiger partial charge in [0, 0.05) is 18.2 Å². The van der Waals surface area contributed by atoms with Crippen LogP contribution in [0.1, 0.15) is 18.5 Å². The number of hydrogen-bond donors (Lipinski definition) is 2. The fourth-order valence-corrected chi connectivity index (χ4v) is 1.25. The number of aromatic nitrogens is 3. The highest BCUT2D eigenvalue weighted by Gasteiger charge is 2.11. The van der Waals surface area contributed by atoms with Crippen LogP contribution >= 0.6 is 0 Å². The van der Waals surface area contributed by atoms with Gasteiger partial charge in [-0.1, -0.05) is 0 Å². The van der Waals surface area contributed by atoms with Crippen molar-refractivity contribution in [2.24, 2.45) is 0 Å². The third-order valence-corrected chi connectivity index (χ3v) is 1.94. The molecule has 13 heavy (non-hydrogen) atoms. The Hall–Kier alpha value is -1.65. The lowest BCUT2D eigenvalue weighted by Gasteiger charge is -2.02. The fourth-order valence-electron chi connectivity index (χ4n) is 1.25. The van der Waals surface area contributed by atoms with Crippen LogP contribution in [0.15, 0.2) is 18.0 Å². The highest BCUT2D eigenvalue weighted by atomic mass is 16.1. The molecule has 68 valence electrons. The minimum atomic E-state index is 0.197. The number of rotatable bonds is 3. The topological polar surface area (TPSA) is 70.7 Å². The summed E-state index contributed by atoms with van der Waals surface area (Å²) < 4.78 is 0. The fraction of sp³-hybridized carbons (Fsp3) is 0.375. The van der Waals surface area contributed by atoms with Gasteiger partial charge in [0.05, 0.1) is 12.7 Å². The summed E-state index contributed by atoms with van der Waals surface area (Å²) in [4.78, 5) is 10.9. The van der Waals surface area contributed by atoms with Crippen LogP contribution in [0.25, 0.3) is 0 Å². The van der Waals surface area contributed by atoms with Crippen LogP contribution in [-0.4, -0.2) is 21.2 Å². The minimum absolute atomic E-state index is 0.197. The van der Waals surface area contributed by atoms with Gasteiger partial charge >= 0.3 is 0 Å². The van der Waals surface area contributed by atoms with E-state index in [0.29, 0.717) is 13.0 Å². The summed E-state index contributed by atoms with van der Waals surface area (Å²) >= 11 is 0. The molecule has 0 aromatic carbocycles. The van der Waals surface area contributed by atoms with E-state index in [0.717, 1.165) is 17.8 Å². The van der Waals surface area contributed by atoms with E-state index in [4.69, 9.17) is 0 Å². The molecule has 2 rings (SSSR count). The largest absolute Gasteiger partial charge is 0.382 e. The van der Waals surface area contributed by atoms with Gasteiger partial charge in [-0.3, -0.25) is 4.79 Å². The zero-order valence-electron chi connectivity index (χ0n) is 7.08. The van der Waals surface area contributed by atoms with Crippen molar-refractivity contribution in [2.75, 3.05) is 0 Å². The number of nitrogens with zero attached hydrogens (tertiary/aromatic N) is 2. The van der Waals surface area contributed by atoms with Gasteiger partial charge in [-0.2, -0.15) is 15.4 Å². The smallest absolute Gasteiger partial charge is 0.157 e. The monoisotopic (exact) mass is 178 g/mol. The van der Waals surface area contributed by atoms with Crippen LogP contribution in [0, 0.1) is 0 Å². The first-order valence-electron chi connectivity index (χ1n) is 4.16. The molecule has 1 aromatic heterocycles. The second-order valence-corrected chi connectivity index (χ2v) is 2.95. The van der Waals surface area contributed by atoms with Crippen LogP contribution in [0.3, 0.4) is 0 Å². The third kappa shape index (κ3) is 1.93. The zero-order chi connectivity index (χ0) is 9.10. The Morgan fingerprint density at radius 1 is 1.54 bits per heavy atom. The number of carbonyl (C=O) groups excluding carboxylic acids is 1. The maximum absolute atomic E-state index is 10.9. The molecule has 0 radical (unpaired) electrons. The summed E-state index contributed by atoms with van der Waals surface area (Å²) in [6, 6.07) is 0. The quantitative estimate of drug-likeness (QED) is 0.690. The van der Waals surface area contributed by atoms with Gasteiger partial charge in [0.15, 0.2) is 5.78 Å². The molecule has 0 amide bonds. The molecular formula is C8H10N4O. The second kappa shape index (κ2) is 3.38. The molecular weight excluding hydrogens is 168 g/mol. The first-order valence-corrected chi connectivity index (χ1v) is 4.16. The molecule has 1 heterocycles. The summed E-state index contributed by atoms with van der Waals surface area (Å²) in [5.41, 5.74) is 1.84. The predicted molar refractivity (Wildman–Crippen MR) is 45.5 cm³/mol. The molecule has 0 saturated carbocycles. The molecule has 1 aromatic rings. The van der Waals surface area contributed by atoms with E-state index in [1.807, 2.05) is 0 Å². The Bertz CT molecular complexity index is 328. The highest BCUT2D eigenvalue weighted by Crippen LogP contribution is 2.11. The van der Waals surface area contributed by atoms with Gasteiger partial charge in [-0.25, -0.2) is 0 Å². The number of allylic oxidation sites excluding steroid dienone is 2. The average molecular weight is 178 g/mol. The molecule has 5 nitrogen and oxygen atoms in total. The van der Waals surface area contributed by atoms with E-state index in [-0.39, 0.29) is 5.78 Å². The Labute approximate surface area is 75.2 Å². The molecule has 2 N–H and O–H groups in total. The lowest BCUT2D eigenvalue weighted by atomic mass is 10.3. The highest BCUT2D eigenvalue weighted by molar-refractivity contribution is 5.92. The lowest BCUT2D eigenvalue weighted by Crippen LogP contribution is -2.11. The third-order valence-electron chi connectivity index (χ3n) is 1.94. The average Bonchev–Trinajstić information content (AvgIpc) is 2.71. The van der Waals surface area contributed by atoms with Crippen molar-refractivity contribution in [3.8, 4) is 0 Å². The van der Waals surface area contributed by atoms with Gasteiger partial charge in [0.25, 0.3) is 0 Å². The van der Waals surface area contributed by atoms with Crippen LogP contribution in [0.2, 0.25) is 0 Å². The van der Waals surface area contributed by atoms with Crippen molar-refractivity contribution in [1.82, 2.24) is 20.7 Å². The van der Waals surface area contributed by atoms with E-state index >= 15 is 0 Å². The summed E-state index contributed by atoms with van der Waals surface area (Å²) in [5.74, 6) is 0.197. The SMILES string of the molecule is O=C1C=C(NCc2cn[nH]n2)CC1. The van der Waals surface area contributed by atoms with Crippen molar-refractivity contribution in [3.05, 3.63) is 23.7 Å². The molecule has 0 atom stereocenters. The molecule has 0 unspecified atom stereocenters. The number of aromatic amines is 1. The Morgan fingerprint density at radius 2 is 2.46 bits per heavy atom. The molecule has 1 aliphatic rings. The number of ketones is 1. The van der Waals surface area contributed by atoms with Crippen LogP contribution in [-0.2, 0) is 11.3 Å². The van der Waals surface area contributed by atoms with Crippen molar-refractivity contribution in [3.63, 3.8) is 0 Å². The lowest BCUT2D eigenvalue weighted by molar-refractivity contribution is -0.114. The molecule has 0 fully saturated rings. The van der Waals surface area contributed by atoms with Crippen molar-refractivity contribution in [2.45, 2.75) is 19.4 Å². The summed E-state index contributed by atoms with van der Waals surface area (Å²) in [6.45, 7) is 0.621.